The summed E-state index contributed by atoms with van der Waals surface area (Å²) in [6.45, 7) is 3.13. The molecule has 7 nitrogen and oxygen atoms in total. The van der Waals surface area contributed by atoms with Crippen molar-refractivity contribution in [2.75, 3.05) is 26.1 Å². The van der Waals surface area contributed by atoms with Crippen LogP contribution in [0, 0.1) is 5.92 Å². The number of amides is 2. The molecule has 1 N–H and O–H groups in total. The highest BCUT2D eigenvalue weighted by atomic mass is 32.1. The third-order valence-corrected chi connectivity index (χ3v) is 7.62. The van der Waals surface area contributed by atoms with Gasteiger partial charge in [0.05, 0.1) is 35.6 Å². The summed E-state index contributed by atoms with van der Waals surface area (Å²) in [6, 6.07) is 7.63. The molecule has 2 aromatic heterocycles. The fourth-order valence-corrected chi connectivity index (χ4v) is 5.32. The van der Waals surface area contributed by atoms with Crippen LogP contribution in [0.4, 0.5) is 5.69 Å². The van der Waals surface area contributed by atoms with E-state index in [-0.39, 0.29) is 23.8 Å². The first kappa shape index (κ1) is 23.4. The molecule has 1 aromatic carbocycles. The van der Waals surface area contributed by atoms with Crippen LogP contribution < -0.4 is 5.32 Å². The van der Waals surface area contributed by atoms with Gasteiger partial charge in [-0.05, 0) is 43.3 Å². The number of ether oxygens (including phenoxy) is 1. The van der Waals surface area contributed by atoms with Crippen molar-refractivity contribution in [3.05, 3.63) is 46.4 Å². The molecular weight excluding hydrogens is 436 g/mol. The molecule has 0 bridgehead atoms. The average molecular weight is 469 g/mol. The predicted molar refractivity (Wildman–Crippen MR) is 132 cm³/mol. The Morgan fingerprint density at radius 2 is 2.09 bits per heavy atom. The molecular formula is C25H32N4O3S. The lowest BCUT2D eigenvalue weighted by Gasteiger charge is -2.25. The number of nitrogens with zero attached hydrogens (tertiary/aromatic N) is 3. The van der Waals surface area contributed by atoms with Gasteiger partial charge in [0, 0.05) is 37.2 Å². The standard InChI is InChI=1S/C25H32N4O3S/c1-17(22-10-7-13-33-22)28(2)25(31)20-14-19(27-24(30)18-8-5-4-6-9-18)15-21-23(20)29(16-26-21)11-12-32-3/h7,10,13-18H,4-6,8-9,11-12H2,1-3H3,(H,27,30)/t17-/m1/s1. The van der Waals surface area contributed by atoms with Crippen molar-refractivity contribution in [2.24, 2.45) is 5.92 Å². The van der Waals surface area contributed by atoms with Gasteiger partial charge in [-0.15, -0.1) is 11.3 Å². The number of hydrogen-bond donors (Lipinski definition) is 1. The maximum absolute atomic E-state index is 13.7. The van der Waals surface area contributed by atoms with E-state index in [1.165, 1.54) is 6.42 Å². The summed E-state index contributed by atoms with van der Waals surface area (Å²) < 4.78 is 7.19. The lowest BCUT2D eigenvalue weighted by Crippen LogP contribution is -2.30. The molecule has 1 fully saturated rings. The zero-order valence-electron chi connectivity index (χ0n) is 19.5. The van der Waals surface area contributed by atoms with Crippen molar-refractivity contribution < 1.29 is 14.3 Å². The number of hydrogen-bond acceptors (Lipinski definition) is 5. The van der Waals surface area contributed by atoms with Gasteiger partial charge in [-0.25, -0.2) is 4.98 Å². The van der Waals surface area contributed by atoms with Crippen LogP contribution in [0.3, 0.4) is 0 Å². The zero-order chi connectivity index (χ0) is 23.4. The Balaban J connectivity index is 1.68. The van der Waals surface area contributed by atoms with Crippen LogP contribution in [-0.2, 0) is 16.1 Å². The smallest absolute Gasteiger partial charge is 0.256 e. The second-order valence-electron chi connectivity index (χ2n) is 8.75. The number of carbonyl (C=O) groups excluding carboxylic acids is 2. The third-order valence-electron chi connectivity index (χ3n) is 6.58. The number of imidazole rings is 1. The van der Waals surface area contributed by atoms with Crippen LogP contribution in [0.5, 0.6) is 0 Å². The SMILES string of the molecule is COCCn1cnc2cc(NC(=O)C3CCCCC3)cc(C(=O)N(C)[C@H](C)c3cccs3)c21. The van der Waals surface area contributed by atoms with Crippen molar-refractivity contribution in [3.63, 3.8) is 0 Å². The maximum Gasteiger partial charge on any atom is 0.256 e. The highest BCUT2D eigenvalue weighted by molar-refractivity contribution is 7.10. The number of aromatic nitrogens is 2. The number of fused-ring (bicyclic) bond motifs is 1. The highest BCUT2D eigenvalue weighted by Gasteiger charge is 2.26. The van der Waals surface area contributed by atoms with E-state index in [0.29, 0.717) is 29.9 Å². The number of rotatable bonds is 8. The number of methoxy groups -OCH3 is 1. The van der Waals surface area contributed by atoms with Crippen LogP contribution in [0.2, 0.25) is 0 Å². The fraction of sp³-hybridized carbons (Fsp3) is 0.480. The molecule has 0 saturated heterocycles. The van der Waals surface area contributed by atoms with Gasteiger partial charge in [-0.2, -0.15) is 0 Å². The van der Waals surface area contributed by atoms with Crippen LogP contribution in [0.1, 0.15) is 60.3 Å². The van der Waals surface area contributed by atoms with Crippen LogP contribution >= 0.6 is 11.3 Å². The van der Waals surface area contributed by atoms with Gasteiger partial charge < -0.3 is 19.5 Å². The van der Waals surface area contributed by atoms with Crippen LogP contribution in [0.25, 0.3) is 11.0 Å². The summed E-state index contributed by atoms with van der Waals surface area (Å²) in [5.41, 5.74) is 2.60. The Kier molecular flexibility index (Phi) is 7.45. The number of nitrogens with one attached hydrogen (secondary N) is 1. The number of benzene rings is 1. The first-order chi connectivity index (χ1) is 16.0. The van der Waals surface area contributed by atoms with Gasteiger partial charge >= 0.3 is 0 Å². The fourth-order valence-electron chi connectivity index (χ4n) is 4.50. The number of thiophene rings is 1. The summed E-state index contributed by atoms with van der Waals surface area (Å²) in [4.78, 5) is 34.0. The van der Waals surface area contributed by atoms with Crippen molar-refractivity contribution >= 4 is 39.9 Å². The molecule has 176 valence electrons. The molecule has 0 aliphatic heterocycles. The quantitative estimate of drug-likeness (QED) is 0.499. The summed E-state index contributed by atoms with van der Waals surface area (Å²) in [5.74, 6) is -0.0326. The predicted octanol–water partition coefficient (Wildman–Crippen LogP) is 5.10. The van der Waals surface area contributed by atoms with E-state index in [1.807, 2.05) is 42.1 Å². The molecule has 2 amide bonds. The van der Waals surface area contributed by atoms with Gasteiger partial charge in [0.2, 0.25) is 5.91 Å². The van der Waals surface area contributed by atoms with Gasteiger partial charge in [-0.1, -0.05) is 25.3 Å². The van der Waals surface area contributed by atoms with Crippen molar-refractivity contribution in [3.8, 4) is 0 Å². The minimum Gasteiger partial charge on any atom is -0.383 e. The van der Waals surface area contributed by atoms with E-state index >= 15 is 0 Å². The number of anilines is 1. The third kappa shape index (κ3) is 5.12. The normalized spacial score (nSPS) is 15.5. The minimum atomic E-state index is -0.103. The van der Waals surface area contributed by atoms with Gasteiger partial charge in [0.1, 0.15) is 0 Å². The Hall–Kier alpha value is -2.71. The minimum absolute atomic E-state index is 0.0339. The van der Waals surface area contributed by atoms with Crippen molar-refractivity contribution in [2.45, 2.75) is 51.6 Å². The molecule has 2 heterocycles. The molecule has 1 saturated carbocycles. The molecule has 0 spiro atoms. The lowest BCUT2D eigenvalue weighted by molar-refractivity contribution is -0.120. The first-order valence-electron chi connectivity index (χ1n) is 11.6. The van der Waals surface area contributed by atoms with Gasteiger partial charge in [-0.3, -0.25) is 9.59 Å². The average Bonchev–Trinajstić information content (AvgIpc) is 3.52. The first-order valence-corrected chi connectivity index (χ1v) is 12.5. The second-order valence-corrected chi connectivity index (χ2v) is 9.73. The monoisotopic (exact) mass is 468 g/mol. The van der Waals surface area contributed by atoms with Crippen molar-refractivity contribution in [1.29, 1.82) is 0 Å². The molecule has 1 aliphatic rings. The van der Waals surface area contributed by atoms with Crippen molar-refractivity contribution in [1.82, 2.24) is 14.5 Å². The maximum atomic E-state index is 13.7. The van der Waals surface area contributed by atoms with Gasteiger partial charge in [0.15, 0.2) is 0 Å². The van der Waals surface area contributed by atoms with E-state index in [9.17, 15) is 9.59 Å². The summed E-state index contributed by atoms with van der Waals surface area (Å²) in [5, 5.41) is 5.08. The largest absolute Gasteiger partial charge is 0.383 e. The highest BCUT2D eigenvalue weighted by Crippen LogP contribution is 2.30. The molecule has 1 atom stereocenters. The van der Waals surface area contributed by atoms with E-state index < -0.39 is 0 Å². The molecule has 8 heteroatoms. The topological polar surface area (TPSA) is 76.5 Å². The zero-order valence-corrected chi connectivity index (χ0v) is 20.4. The summed E-state index contributed by atoms with van der Waals surface area (Å²) >= 11 is 1.63. The Morgan fingerprint density at radius 3 is 2.79 bits per heavy atom. The molecule has 3 aromatic rings. The number of carbonyl (C=O) groups is 2. The Bertz CT molecular complexity index is 1100. The molecule has 33 heavy (non-hydrogen) atoms. The summed E-state index contributed by atoms with van der Waals surface area (Å²) in [6.07, 6.45) is 6.96. The van der Waals surface area contributed by atoms with E-state index in [4.69, 9.17) is 4.74 Å². The molecule has 0 radical (unpaired) electrons. The second kappa shape index (κ2) is 10.5. The van der Waals surface area contributed by atoms with Gasteiger partial charge in [0.25, 0.3) is 5.91 Å². The van der Waals surface area contributed by atoms with Crippen LogP contribution in [0.15, 0.2) is 36.0 Å². The van der Waals surface area contributed by atoms with Crippen LogP contribution in [-0.4, -0.2) is 47.0 Å². The molecule has 1 aliphatic carbocycles. The summed E-state index contributed by atoms with van der Waals surface area (Å²) in [7, 11) is 3.47. The van der Waals surface area contributed by atoms with E-state index in [0.717, 1.165) is 36.1 Å². The Labute approximate surface area is 198 Å². The molecule has 4 rings (SSSR count). The van der Waals surface area contributed by atoms with E-state index in [1.54, 1.807) is 35.7 Å². The molecule has 0 unspecified atom stereocenters. The van der Waals surface area contributed by atoms with E-state index in [2.05, 4.69) is 10.3 Å². The lowest BCUT2D eigenvalue weighted by atomic mass is 9.88. The Morgan fingerprint density at radius 1 is 1.30 bits per heavy atom.